The van der Waals surface area contributed by atoms with Crippen molar-refractivity contribution in [3.8, 4) is 0 Å². The monoisotopic (exact) mass is 278 g/mol. The highest BCUT2D eigenvalue weighted by Crippen LogP contribution is 2.16. The molecule has 0 unspecified atom stereocenters. The van der Waals surface area contributed by atoms with Gasteiger partial charge in [0, 0.05) is 43.5 Å². The van der Waals surface area contributed by atoms with Gasteiger partial charge in [0.1, 0.15) is 5.82 Å². The summed E-state index contributed by atoms with van der Waals surface area (Å²) in [6.45, 7) is 2.88. The van der Waals surface area contributed by atoms with Gasteiger partial charge in [-0.2, -0.15) is 4.98 Å². The third-order valence-corrected chi connectivity index (χ3v) is 3.73. The minimum atomic E-state index is 0.302. The molecule has 102 valence electrons. The average molecular weight is 278 g/mol. The van der Waals surface area contributed by atoms with Crippen LogP contribution in [0.1, 0.15) is 12.5 Å². The second-order valence-electron chi connectivity index (χ2n) is 4.05. The summed E-state index contributed by atoms with van der Waals surface area (Å²) in [5.41, 5.74) is 6.68. The zero-order valence-corrected chi connectivity index (χ0v) is 11.9. The lowest BCUT2D eigenvalue weighted by molar-refractivity contribution is 0.790. The molecule has 2 aromatic rings. The summed E-state index contributed by atoms with van der Waals surface area (Å²) in [6, 6.07) is 0. The zero-order valence-electron chi connectivity index (χ0n) is 11.1. The van der Waals surface area contributed by atoms with Crippen LogP contribution in [0.3, 0.4) is 0 Å². The van der Waals surface area contributed by atoms with Crippen LogP contribution < -0.4 is 11.1 Å². The topological polar surface area (TPSA) is 81.7 Å². The molecular weight excluding hydrogens is 260 g/mol. The average Bonchev–Trinajstić information content (AvgIpc) is 2.80. The first-order chi connectivity index (χ1) is 9.20. The molecular formula is C12H18N6S. The molecule has 0 aliphatic carbocycles. The molecule has 0 aromatic carbocycles. The summed E-state index contributed by atoms with van der Waals surface area (Å²) in [4.78, 5) is 12.5. The normalized spacial score (nSPS) is 10.6. The number of nitrogens with two attached hydrogens (primary N) is 1. The van der Waals surface area contributed by atoms with Gasteiger partial charge < -0.3 is 15.6 Å². The number of hydrogen-bond donors (Lipinski definition) is 2. The number of imidazole rings is 1. The number of rotatable bonds is 6. The largest absolute Gasteiger partial charge is 0.369 e. The van der Waals surface area contributed by atoms with Gasteiger partial charge in [0.2, 0.25) is 5.95 Å². The Bertz CT molecular complexity index is 539. The molecule has 0 radical (unpaired) electrons. The number of nitrogens with one attached hydrogen (secondary N) is 1. The predicted octanol–water partition coefficient (Wildman–Crippen LogP) is 1.56. The van der Waals surface area contributed by atoms with E-state index in [1.54, 1.807) is 24.2 Å². The molecule has 0 atom stereocenters. The molecule has 0 saturated carbocycles. The number of hydrogen-bond acceptors (Lipinski definition) is 6. The number of nitrogens with zero attached hydrogens (tertiary/aromatic N) is 4. The maximum absolute atomic E-state index is 5.60. The number of aromatic nitrogens is 4. The quantitative estimate of drug-likeness (QED) is 0.616. The van der Waals surface area contributed by atoms with E-state index in [1.807, 2.05) is 17.8 Å². The Kier molecular flexibility index (Phi) is 4.62. The maximum Gasteiger partial charge on any atom is 0.221 e. The van der Waals surface area contributed by atoms with Gasteiger partial charge in [-0.05, 0) is 6.42 Å². The number of thioether (sulfide) groups is 1. The Morgan fingerprint density at radius 1 is 1.42 bits per heavy atom. The summed E-state index contributed by atoms with van der Waals surface area (Å²) in [5, 5.41) is 4.31. The Morgan fingerprint density at radius 2 is 2.26 bits per heavy atom. The van der Waals surface area contributed by atoms with Crippen LogP contribution in [0.4, 0.5) is 11.8 Å². The number of aryl methyl sites for hydroxylation is 2. The van der Waals surface area contributed by atoms with Crippen LogP contribution >= 0.6 is 11.8 Å². The smallest absolute Gasteiger partial charge is 0.221 e. The van der Waals surface area contributed by atoms with Gasteiger partial charge in [0.25, 0.3) is 0 Å². The lowest BCUT2D eigenvalue weighted by Gasteiger charge is -2.09. The van der Waals surface area contributed by atoms with E-state index in [1.165, 1.54) is 0 Å². The van der Waals surface area contributed by atoms with Crippen LogP contribution in [0.15, 0.2) is 23.7 Å². The molecule has 6 nitrogen and oxygen atoms in total. The van der Waals surface area contributed by atoms with Crippen molar-refractivity contribution < 1.29 is 0 Å². The second kappa shape index (κ2) is 6.42. The molecule has 0 aliphatic heterocycles. The molecule has 2 aromatic heterocycles. The standard InChI is InChI=1S/C12H18N6S/c1-3-9-8-16-11(13)17-10(9)14-5-7-19-12-15-4-6-18(12)2/h4,6,8H,3,5,7H2,1-2H3,(H3,13,14,16,17). The summed E-state index contributed by atoms with van der Waals surface area (Å²) in [5.74, 6) is 2.05. The second-order valence-corrected chi connectivity index (χ2v) is 5.11. The minimum Gasteiger partial charge on any atom is -0.369 e. The molecule has 0 aliphatic rings. The van der Waals surface area contributed by atoms with Crippen LogP contribution in [0.2, 0.25) is 0 Å². The molecule has 0 saturated heterocycles. The zero-order chi connectivity index (χ0) is 13.7. The van der Waals surface area contributed by atoms with Crippen LogP contribution in [0, 0.1) is 0 Å². The fourth-order valence-corrected chi connectivity index (χ4v) is 2.42. The van der Waals surface area contributed by atoms with Gasteiger partial charge in [-0.1, -0.05) is 18.7 Å². The van der Waals surface area contributed by atoms with E-state index in [0.29, 0.717) is 5.95 Å². The lowest BCUT2D eigenvalue weighted by Crippen LogP contribution is -2.10. The van der Waals surface area contributed by atoms with Crippen molar-refractivity contribution in [3.63, 3.8) is 0 Å². The number of nitrogen functional groups attached to an aromatic ring is 1. The fourth-order valence-electron chi connectivity index (χ4n) is 1.63. The third-order valence-electron chi connectivity index (χ3n) is 2.67. The summed E-state index contributed by atoms with van der Waals surface area (Å²) < 4.78 is 2.00. The van der Waals surface area contributed by atoms with Crippen molar-refractivity contribution in [1.29, 1.82) is 0 Å². The lowest BCUT2D eigenvalue weighted by atomic mass is 10.2. The van der Waals surface area contributed by atoms with E-state index in [4.69, 9.17) is 5.73 Å². The van der Waals surface area contributed by atoms with E-state index in [9.17, 15) is 0 Å². The first-order valence-electron chi connectivity index (χ1n) is 6.16. The number of anilines is 2. The van der Waals surface area contributed by atoms with E-state index >= 15 is 0 Å². The first kappa shape index (κ1) is 13.7. The molecule has 3 N–H and O–H groups in total. The summed E-state index contributed by atoms with van der Waals surface area (Å²) >= 11 is 1.71. The molecule has 2 heterocycles. The Morgan fingerprint density at radius 3 is 2.95 bits per heavy atom. The molecule has 7 heteroatoms. The Balaban J connectivity index is 1.86. The molecule has 19 heavy (non-hydrogen) atoms. The highest BCUT2D eigenvalue weighted by atomic mass is 32.2. The van der Waals surface area contributed by atoms with Gasteiger partial charge in [0.05, 0.1) is 0 Å². The first-order valence-corrected chi connectivity index (χ1v) is 7.14. The molecule has 0 bridgehead atoms. The van der Waals surface area contributed by atoms with Crippen molar-refractivity contribution in [2.75, 3.05) is 23.3 Å². The third kappa shape index (κ3) is 3.60. The highest BCUT2D eigenvalue weighted by molar-refractivity contribution is 7.99. The molecule has 0 amide bonds. The van der Waals surface area contributed by atoms with Gasteiger partial charge in [-0.15, -0.1) is 0 Å². The maximum atomic E-state index is 5.60. The van der Waals surface area contributed by atoms with Crippen molar-refractivity contribution in [3.05, 3.63) is 24.2 Å². The minimum absolute atomic E-state index is 0.302. The predicted molar refractivity (Wildman–Crippen MR) is 78.2 cm³/mol. The van der Waals surface area contributed by atoms with Crippen molar-refractivity contribution in [2.24, 2.45) is 7.05 Å². The van der Waals surface area contributed by atoms with Gasteiger partial charge in [-0.25, -0.2) is 9.97 Å². The van der Waals surface area contributed by atoms with Crippen molar-refractivity contribution in [2.45, 2.75) is 18.5 Å². The molecule has 0 spiro atoms. The Labute approximate surface area is 116 Å². The Hall–Kier alpha value is -1.76. The van der Waals surface area contributed by atoms with E-state index in [0.717, 1.165) is 35.3 Å². The highest BCUT2D eigenvalue weighted by Gasteiger charge is 2.04. The summed E-state index contributed by atoms with van der Waals surface area (Å²) in [6.07, 6.45) is 6.40. The van der Waals surface area contributed by atoms with Crippen LogP contribution in [-0.4, -0.2) is 31.8 Å². The molecule has 2 rings (SSSR count). The van der Waals surface area contributed by atoms with Crippen molar-refractivity contribution >= 4 is 23.5 Å². The SMILES string of the molecule is CCc1cnc(N)nc1NCCSc1nccn1C. The van der Waals surface area contributed by atoms with Gasteiger partial charge in [-0.3, -0.25) is 0 Å². The van der Waals surface area contributed by atoms with Gasteiger partial charge in [0.15, 0.2) is 5.16 Å². The molecule has 0 fully saturated rings. The van der Waals surface area contributed by atoms with Crippen LogP contribution in [0.5, 0.6) is 0 Å². The van der Waals surface area contributed by atoms with Crippen molar-refractivity contribution in [1.82, 2.24) is 19.5 Å². The van der Waals surface area contributed by atoms with E-state index < -0.39 is 0 Å². The van der Waals surface area contributed by atoms with Crippen LogP contribution in [-0.2, 0) is 13.5 Å². The summed E-state index contributed by atoms with van der Waals surface area (Å²) in [7, 11) is 1.99. The van der Waals surface area contributed by atoms with Crippen LogP contribution in [0.25, 0.3) is 0 Å². The fraction of sp³-hybridized carbons (Fsp3) is 0.417. The van der Waals surface area contributed by atoms with E-state index in [-0.39, 0.29) is 0 Å². The van der Waals surface area contributed by atoms with E-state index in [2.05, 4.69) is 27.2 Å². The van der Waals surface area contributed by atoms with Gasteiger partial charge >= 0.3 is 0 Å².